The van der Waals surface area contributed by atoms with Gasteiger partial charge in [0.2, 0.25) is 0 Å². The van der Waals surface area contributed by atoms with E-state index in [2.05, 4.69) is 4.98 Å². The Morgan fingerprint density at radius 3 is 2.70 bits per heavy atom. The van der Waals surface area contributed by atoms with Gasteiger partial charge in [0.15, 0.2) is 11.5 Å². The Kier molecular flexibility index (Phi) is 4.39. The number of aliphatic hydroxyl groups excluding tert-OH is 1. The maximum absolute atomic E-state index is 13.7. The number of fused-ring (bicyclic) bond motifs is 1. The molecule has 0 radical (unpaired) electrons. The topological polar surface area (TPSA) is 51.6 Å². The summed E-state index contributed by atoms with van der Waals surface area (Å²) in [6.45, 7) is -0.0803. The summed E-state index contributed by atoms with van der Waals surface area (Å²) in [7, 11) is 1.54. The standard InChI is InChI=1S/C18H16FNO3/c1-22-17-8-12-6-7-20-10-13(12)9-18(17)23-11-16(21)14-4-2-3-5-15(14)19/h2-10,16,21H,11H2,1H3. The SMILES string of the molecule is COc1cc2ccncc2cc1OCC(O)c1ccccc1F. The van der Waals surface area contributed by atoms with E-state index in [4.69, 9.17) is 9.47 Å². The van der Waals surface area contributed by atoms with Gasteiger partial charge in [0.25, 0.3) is 0 Å². The molecular formula is C18H16FNO3. The normalized spacial score (nSPS) is 12.1. The molecule has 1 unspecified atom stereocenters. The molecule has 0 fully saturated rings. The molecule has 0 aliphatic heterocycles. The highest BCUT2D eigenvalue weighted by Crippen LogP contribution is 2.32. The van der Waals surface area contributed by atoms with Gasteiger partial charge >= 0.3 is 0 Å². The van der Waals surface area contributed by atoms with Crippen LogP contribution in [0.25, 0.3) is 10.8 Å². The molecule has 0 aliphatic carbocycles. The van der Waals surface area contributed by atoms with Crippen LogP contribution < -0.4 is 9.47 Å². The number of halogens is 1. The fourth-order valence-corrected chi connectivity index (χ4v) is 2.37. The molecule has 1 aromatic heterocycles. The molecule has 3 rings (SSSR count). The summed E-state index contributed by atoms with van der Waals surface area (Å²) in [6, 6.07) is 11.6. The van der Waals surface area contributed by atoms with Gasteiger partial charge in [0.1, 0.15) is 18.5 Å². The van der Waals surface area contributed by atoms with Crippen LogP contribution in [0.3, 0.4) is 0 Å². The second-order valence-corrected chi connectivity index (χ2v) is 5.07. The average molecular weight is 313 g/mol. The minimum atomic E-state index is -1.06. The Labute approximate surface area is 133 Å². The van der Waals surface area contributed by atoms with Crippen LogP contribution in [0.2, 0.25) is 0 Å². The first-order chi connectivity index (χ1) is 11.2. The molecule has 0 spiro atoms. The van der Waals surface area contributed by atoms with Crippen molar-refractivity contribution in [2.24, 2.45) is 0 Å². The van der Waals surface area contributed by atoms with Crippen molar-refractivity contribution in [3.8, 4) is 11.5 Å². The molecule has 1 atom stereocenters. The Bertz CT molecular complexity index is 822. The van der Waals surface area contributed by atoms with Crippen molar-refractivity contribution in [3.05, 3.63) is 66.2 Å². The van der Waals surface area contributed by atoms with Crippen molar-refractivity contribution in [3.63, 3.8) is 0 Å². The summed E-state index contributed by atoms with van der Waals surface area (Å²) in [5.41, 5.74) is 0.203. The molecule has 3 aromatic rings. The van der Waals surface area contributed by atoms with E-state index in [1.54, 1.807) is 37.7 Å². The summed E-state index contributed by atoms with van der Waals surface area (Å²) < 4.78 is 24.6. The zero-order chi connectivity index (χ0) is 16.2. The van der Waals surface area contributed by atoms with E-state index in [9.17, 15) is 9.50 Å². The van der Waals surface area contributed by atoms with Gasteiger partial charge in [-0.25, -0.2) is 4.39 Å². The highest BCUT2D eigenvalue weighted by Gasteiger charge is 2.15. The summed E-state index contributed by atoms with van der Waals surface area (Å²) in [5, 5.41) is 12.0. The highest BCUT2D eigenvalue weighted by atomic mass is 19.1. The number of hydrogen-bond donors (Lipinski definition) is 1. The van der Waals surface area contributed by atoms with Gasteiger partial charge in [0.05, 0.1) is 7.11 Å². The first-order valence-corrected chi connectivity index (χ1v) is 7.16. The summed E-state index contributed by atoms with van der Waals surface area (Å²) in [4.78, 5) is 4.07. The zero-order valence-corrected chi connectivity index (χ0v) is 12.6. The number of rotatable bonds is 5. The molecule has 0 aliphatic rings. The number of hydrogen-bond acceptors (Lipinski definition) is 4. The van der Waals surface area contributed by atoms with Crippen LogP contribution >= 0.6 is 0 Å². The Balaban J connectivity index is 1.82. The quantitative estimate of drug-likeness (QED) is 0.783. The van der Waals surface area contributed by atoms with E-state index in [1.807, 2.05) is 12.1 Å². The van der Waals surface area contributed by atoms with Crippen LogP contribution in [0, 0.1) is 5.82 Å². The number of methoxy groups -OCH3 is 1. The third kappa shape index (κ3) is 3.24. The summed E-state index contributed by atoms with van der Waals surface area (Å²) >= 11 is 0. The van der Waals surface area contributed by atoms with Gasteiger partial charge in [-0.05, 0) is 29.7 Å². The molecule has 23 heavy (non-hydrogen) atoms. The number of benzene rings is 2. The molecule has 1 heterocycles. The number of aromatic nitrogens is 1. The molecule has 1 N–H and O–H groups in total. The lowest BCUT2D eigenvalue weighted by Gasteiger charge is -2.16. The minimum absolute atomic E-state index is 0.0803. The van der Waals surface area contributed by atoms with E-state index in [0.29, 0.717) is 11.5 Å². The molecule has 0 bridgehead atoms. The van der Waals surface area contributed by atoms with Gasteiger partial charge < -0.3 is 14.6 Å². The third-order valence-electron chi connectivity index (χ3n) is 3.58. The van der Waals surface area contributed by atoms with Crippen LogP contribution in [0.4, 0.5) is 4.39 Å². The molecule has 5 heteroatoms. The van der Waals surface area contributed by atoms with E-state index in [0.717, 1.165) is 10.8 Å². The van der Waals surface area contributed by atoms with Crippen molar-refractivity contribution in [2.75, 3.05) is 13.7 Å². The van der Waals surface area contributed by atoms with Crippen LogP contribution in [-0.4, -0.2) is 23.8 Å². The van der Waals surface area contributed by atoms with Gasteiger partial charge in [-0.3, -0.25) is 4.98 Å². The fourth-order valence-electron chi connectivity index (χ4n) is 2.37. The Hall–Kier alpha value is -2.66. The second kappa shape index (κ2) is 6.62. The number of aliphatic hydroxyl groups is 1. The molecule has 118 valence electrons. The van der Waals surface area contributed by atoms with Crippen LogP contribution in [0.15, 0.2) is 54.9 Å². The second-order valence-electron chi connectivity index (χ2n) is 5.07. The monoisotopic (exact) mass is 313 g/mol. The smallest absolute Gasteiger partial charge is 0.162 e. The minimum Gasteiger partial charge on any atom is -0.493 e. The molecule has 4 nitrogen and oxygen atoms in total. The van der Waals surface area contributed by atoms with Gasteiger partial charge in [-0.15, -0.1) is 0 Å². The van der Waals surface area contributed by atoms with Crippen LogP contribution in [-0.2, 0) is 0 Å². The molecular weight excluding hydrogens is 297 g/mol. The first-order valence-electron chi connectivity index (χ1n) is 7.16. The summed E-state index contributed by atoms with van der Waals surface area (Å²) in [6.07, 6.45) is 2.35. The molecule has 0 saturated carbocycles. The Morgan fingerprint density at radius 1 is 1.13 bits per heavy atom. The average Bonchev–Trinajstić information content (AvgIpc) is 2.59. The predicted octanol–water partition coefficient (Wildman–Crippen LogP) is 3.49. The zero-order valence-electron chi connectivity index (χ0n) is 12.6. The number of ether oxygens (including phenoxy) is 2. The fraction of sp³-hybridized carbons (Fsp3) is 0.167. The lowest BCUT2D eigenvalue weighted by Crippen LogP contribution is -2.11. The predicted molar refractivity (Wildman–Crippen MR) is 85.1 cm³/mol. The largest absolute Gasteiger partial charge is 0.493 e. The maximum Gasteiger partial charge on any atom is 0.162 e. The first kappa shape index (κ1) is 15.2. The molecule has 2 aromatic carbocycles. The van der Waals surface area contributed by atoms with Gasteiger partial charge in [-0.2, -0.15) is 0 Å². The van der Waals surface area contributed by atoms with Crippen molar-refractivity contribution in [1.82, 2.24) is 4.98 Å². The summed E-state index contributed by atoms with van der Waals surface area (Å²) in [5.74, 6) is 0.561. The maximum atomic E-state index is 13.7. The molecule has 0 amide bonds. The van der Waals surface area contributed by atoms with E-state index < -0.39 is 11.9 Å². The number of nitrogens with zero attached hydrogens (tertiary/aromatic N) is 1. The number of pyridine rings is 1. The van der Waals surface area contributed by atoms with Crippen molar-refractivity contribution >= 4 is 10.8 Å². The van der Waals surface area contributed by atoms with Crippen LogP contribution in [0.1, 0.15) is 11.7 Å². The van der Waals surface area contributed by atoms with Crippen molar-refractivity contribution in [2.45, 2.75) is 6.10 Å². The molecule has 0 saturated heterocycles. The van der Waals surface area contributed by atoms with E-state index in [1.165, 1.54) is 12.1 Å². The lowest BCUT2D eigenvalue weighted by atomic mass is 10.1. The van der Waals surface area contributed by atoms with Crippen molar-refractivity contribution < 1.29 is 19.0 Å². The van der Waals surface area contributed by atoms with Crippen molar-refractivity contribution in [1.29, 1.82) is 0 Å². The Morgan fingerprint density at radius 2 is 1.91 bits per heavy atom. The van der Waals surface area contributed by atoms with E-state index >= 15 is 0 Å². The van der Waals surface area contributed by atoms with Gasteiger partial charge in [0, 0.05) is 23.3 Å². The lowest BCUT2D eigenvalue weighted by molar-refractivity contribution is 0.103. The van der Waals surface area contributed by atoms with Gasteiger partial charge in [-0.1, -0.05) is 18.2 Å². The van der Waals surface area contributed by atoms with Crippen LogP contribution in [0.5, 0.6) is 11.5 Å². The third-order valence-corrected chi connectivity index (χ3v) is 3.58. The van der Waals surface area contributed by atoms with E-state index in [-0.39, 0.29) is 12.2 Å². The highest BCUT2D eigenvalue weighted by molar-refractivity contribution is 5.85.